The first-order chi connectivity index (χ1) is 13.1. The van der Waals surface area contributed by atoms with E-state index in [2.05, 4.69) is 10.3 Å². The zero-order valence-corrected chi connectivity index (χ0v) is 15.1. The van der Waals surface area contributed by atoms with Gasteiger partial charge in [-0.15, -0.1) is 11.3 Å². The summed E-state index contributed by atoms with van der Waals surface area (Å²) in [6.07, 6.45) is 3.09. The molecule has 138 valence electrons. The molecule has 0 radical (unpaired) electrons. The number of halogens is 1. The van der Waals surface area contributed by atoms with Gasteiger partial charge >= 0.3 is 0 Å². The average Bonchev–Trinajstić information content (AvgIpc) is 3.33. The Kier molecular flexibility index (Phi) is 4.72. The van der Waals surface area contributed by atoms with Crippen LogP contribution in [-0.4, -0.2) is 23.3 Å². The van der Waals surface area contributed by atoms with Crippen LogP contribution in [-0.2, 0) is 17.6 Å². The number of carbonyl (C=O) groups excluding carboxylic acids is 2. The summed E-state index contributed by atoms with van der Waals surface area (Å²) in [5, 5.41) is 4.79. The van der Waals surface area contributed by atoms with Gasteiger partial charge < -0.3 is 9.32 Å². The summed E-state index contributed by atoms with van der Waals surface area (Å²) in [5.74, 6) is -0.588. The highest BCUT2D eigenvalue weighted by Gasteiger charge is 2.23. The number of hydrogen-bond donors (Lipinski definition) is 1. The largest absolute Gasteiger partial charge is 0.459 e. The molecule has 6 nitrogen and oxygen atoms in total. The highest BCUT2D eigenvalue weighted by atomic mass is 32.1. The number of nitrogens with one attached hydrogen (secondary N) is 1. The van der Waals surface area contributed by atoms with Crippen LogP contribution >= 0.6 is 11.3 Å². The van der Waals surface area contributed by atoms with Crippen molar-refractivity contribution in [2.75, 3.05) is 16.8 Å². The Balaban J connectivity index is 1.44. The topological polar surface area (TPSA) is 75.4 Å². The number of carbonyl (C=O) groups is 2. The van der Waals surface area contributed by atoms with E-state index < -0.39 is 0 Å². The summed E-state index contributed by atoms with van der Waals surface area (Å²) >= 11 is 1.25. The lowest BCUT2D eigenvalue weighted by atomic mass is 10.0. The number of amides is 2. The van der Waals surface area contributed by atoms with Crippen LogP contribution in [0.5, 0.6) is 0 Å². The van der Waals surface area contributed by atoms with Gasteiger partial charge in [0.15, 0.2) is 10.9 Å². The molecule has 4 rings (SSSR count). The van der Waals surface area contributed by atoms with Gasteiger partial charge in [0.1, 0.15) is 5.82 Å². The third-order valence-corrected chi connectivity index (χ3v) is 5.12. The Bertz CT molecular complexity index is 984. The number of furan rings is 1. The second-order valence-corrected chi connectivity index (χ2v) is 7.03. The average molecular weight is 385 g/mol. The third-order valence-electron chi connectivity index (χ3n) is 4.31. The van der Waals surface area contributed by atoms with Crippen molar-refractivity contribution in [3.63, 3.8) is 0 Å². The Morgan fingerprint density at radius 1 is 1.33 bits per heavy atom. The molecule has 0 saturated heterocycles. The van der Waals surface area contributed by atoms with E-state index in [4.69, 9.17) is 4.42 Å². The second-order valence-electron chi connectivity index (χ2n) is 6.17. The summed E-state index contributed by atoms with van der Waals surface area (Å²) in [5.41, 5.74) is 2.18. The first-order valence-electron chi connectivity index (χ1n) is 8.48. The van der Waals surface area contributed by atoms with Gasteiger partial charge in [-0.3, -0.25) is 14.9 Å². The lowest BCUT2D eigenvalue weighted by Crippen LogP contribution is -2.36. The molecule has 3 aromatic rings. The van der Waals surface area contributed by atoms with Crippen LogP contribution in [0.3, 0.4) is 0 Å². The predicted molar refractivity (Wildman–Crippen MR) is 99.6 cm³/mol. The molecule has 1 aliphatic rings. The summed E-state index contributed by atoms with van der Waals surface area (Å²) in [4.78, 5) is 30.7. The van der Waals surface area contributed by atoms with E-state index in [1.165, 1.54) is 29.7 Å². The van der Waals surface area contributed by atoms with Crippen molar-refractivity contribution in [1.29, 1.82) is 0 Å². The lowest BCUT2D eigenvalue weighted by Gasteiger charge is -2.29. The molecule has 8 heteroatoms. The van der Waals surface area contributed by atoms with Gasteiger partial charge in [0.2, 0.25) is 5.91 Å². The summed E-state index contributed by atoms with van der Waals surface area (Å²) in [6, 6.07) is 7.69. The number of aromatic nitrogens is 1. The van der Waals surface area contributed by atoms with E-state index in [1.54, 1.807) is 28.5 Å². The van der Waals surface area contributed by atoms with Gasteiger partial charge in [0.25, 0.3) is 5.91 Å². The van der Waals surface area contributed by atoms with Crippen molar-refractivity contribution >= 4 is 34.0 Å². The van der Waals surface area contributed by atoms with E-state index in [0.29, 0.717) is 17.4 Å². The van der Waals surface area contributed by atoms with E-state index in [1.807, 2.05) is 0 Å². The number of anilines is 2. The molecular formula is C19H16FN3O3S. The second kappa shape index (κ2) is 7.32. The smallest absolute Gasteiger partial charge is 0.293 e. The van der Waals surface area contributed by atoms with Crippen LogP contribution in [0.4, 0.5) is 15.2 Å². The van der Waals surface area contributed by atoms with Crippen LogP contribution in [0, 0.1) is 5.82 Å². The monoisotopic (exact) mass is 385 g/mol. The van der Waals surface area contributed by atoms with Crippen LogP contribution in [0.1, 0.15) is 28.2 Å². The van der Waals surface area contributed by atoms with Crippen molar-refractivity contribution in [3.8, 4) is 0 Å². The number of hydrogen-bond acceptors (Lipinski definition) is 5. The Labute approximate surface area is 158 Å². The SMILES string of the molecule is O=C(Nc1nc(CC(=O)N2CCCc3cc(F)ccc32)cs1)c1ccco1. The van der Waals surface area contributed by atoms with Crippen molar-refractivity contribution in [2.45, 2.75) is 19.3 Å². The van der Waals surface area contributed by atoms with Gasteiger partial charge in [-0.2, -0.15) is 0 Å². The normalized spacial score (nSPS) is 13.3. The van der Waals surface area contributed by atoms with Crippen LogP contribution in [0.25, 0.3) is 0 Å². The standard InChI is InChI=1S/C19H16FN3O3S/c20-13-5-6-15-12(9-13)3-1-7-23(15)17(24)10-14-11-27-19(21-14)22-18(25)16-4-2-8-26-16/h2,4-6,8-9,11H,1,3,7,10H2,(H,21,22,25). The van der Waals surface area contributed by atoms with Gasteiger partial charge in [-0.1, -0.05) is 0 Å². The Morgan fingerprint density at radius 2 is 2.22 bits per heavy atom. The fourth-order valence-electron chi connectivity index (χ4n) is 3.09. The molecule has 2 amide bonds. The molecule has 1 N–H and O–H groups in total. The highest BCUT2D eigenvalue weighted by molar-refractivity contribution is 7.14. The van der Waals surface area contributed by atoms with E-state index >= 15 is 0 Å². The number of nitrogens with zero attached hydrogens (tertiary/aromatic N) is 2. The molecule has 0 saturated carbocycles. The van der Waals surface area contributed by atoms with Gasteiger partial charge in [-0.25, -0.2) is 9.37 Å². The molecule has 0 fully saturated rings. The van der Waals surface area contributed by atoms with E-state index in [-0.39, 0.29) is 29.8 Å². The highest BCUT2D eigenvalue weighted by Crippen LogP contribution is 2.28. The number of aryl methyl sites for hydroxylation is 1. The number of benzene rings is 1. The first-order valence-corrected chi connectivity index (χ1v) is 9.36. The molecule has 0 aliphatic carbocycles. The van der Waals surface area contributed by atoms with Crippen LogP contribution < -0.4 is 10.2 Å². The molecule has 0 unspecified atom stereocenters. The molecule has 3 heterocycles. The quantitative estimate of drug-likeness (QED) is 0.744. The van der Waals surface area contributed by atoms with E-state index in [0.717, 1.165) is 24.1 Å². The molecule has 27 heavy (non-hydrogen) atoms. The molecule has 2 aromatic heterocycles. The minimum Gasteiger partial charge on any atom is -0.459 e. The number of rotatable bonds is 4. The van der Waals surface area contributed by atoms with Crippen molar-refractivity contribution < 1.29 is 18.4 Å². The molecule has 0 bridgehead atoms. The lowest BCUT2D eigenvalue weighted by molar-refractivity contribution is -0.118. The van der Waals surface area contributed by atoms with Gasteiger partial charge in [0, 0.05) is 17.6 Å². The Hall–Kier alpha value is -3.00. The van der Waals surface area contributed by atoms with E-state index in [9.17, 15) is 14.0 Å². The summed E-state index contributed by atoms with van der Waals surface area (Å²) in [6.45, 7) is 0.601. The van der Waals surface area contributed by atoms with Gasteiger partial charge in [0.05, 0.1) is 18.4 Å². The zero-order valence-electron chi connectivity index (χ0n) is 14.3. The molecule has 1 aromatic carbocycles. The first kappa shape index (κ1) is 17.4. The fourth-order valence-corrected chi connectivity index (χ4v) is 3.79. The minimum atomic E-state index is -0.390. The van der Waals surface area contributed by atoms with Crippen LogP contribution in [0.15, 0.2) is 46.4 Å². The number of fused-ring (bicyclic) bond motifs is 1. The summed E-state index contributed by atoms with van der Waals surface area (Å²) in [7, 11) is 0. The maximum absolute atomic E-state index is 13.4. The molecule has 1 aliphatic heterocycles. The predicted octanol–water partition coefficient (Wildman–Crippen LogP) is 3.65. The maximum atomic E-state index is 13.4. The Morgan fingerprint density at radius 3 is 3.04 bits per heavy atom. The number of thiazole rings is 1. The molecule has 0 atom stereocenters. The maximum Gasteiger partial charge on any atom is 0.293 e. The molecule has 0 spiro atoms. The fraction of sp³-hybridized carbons (Fsp3) is 0.211. The van der Waals surface area contributed by atoms with Gasteiger partial charge in [-0.05, 0) is 48.7 Å². The zero-order chi connectivity index (χ0) is 18.8. The van der Waals surface area contributed by atoms with Crippen LogP contribution in [0.2, 0.25) is 0 Å². The summed E-state index contributed by atoms with van der Waals surface area (Å²) < 4.78 is 18.5. The molecular weight excluding hydrogens is 369 g/mol. The minimum absolute atomic E-state index is 0.100. The van der Waals surface area contributed by atoms with Crippen molar-refractivity contribution in [3.05, 3.63) is 64.8 Å². The third kappa shape index (κ3) is 3.75. The van der Waals surface area contributed by atoms with Crippen molar-refractivity contribution in [1.82, 2.24) is 4.98 Å². The van der Waals surface area contributed by atoms with Crippen molar-refractivity contribution in [2.24, 2.45) is 0 Å².